The normalized spacial score (nSPS) is 15.1. The lowest BCUT2D eigenvalue weighted by Crippen LogP contribution is -2.34. The van der Waals surface area contributed by atoms with E-state index >= 15 is 0 Å². The fourth-order valence-electron chi connectivity index (χ4n) is 3.46. The Hall–Kier alpha value is -4.20. The molecule has 0 fully saturated rings. The van der Waals surface area contributed by atoms with Crippen LogP contribution in [0.15, 0.2) is 66.7 Å². The lowest BCUT2D eigenvalue weighted by Gasteiger charge is -2.23. The molecule has 0 saturated carbocycles. The minimum absolute atomic E-state index is 0.216. The van der Waals surface area contributed by atoms with Gasteiger partial charge in [-0.05, 0) is 55.0 Å². The van der Waals surface area contributed by atoms with E-state index in [0.717, 1.165) is 16.6 Å². The van der Waals surface area contributed by atoms with Crippen LogP contribution in [0.1, 0.15) is 22.8 Å². The highest BCUT2D eigenvalue weighted by molar-refractivity contribution is 6.05. The molecule has 8 heteroatoms. The Labute approximate surface area is 177 Å². The maximum atomic E-state index is 12.6. The average molecular weight is 413 g/mol. The molecule has 0 bridgehead atoms. The highest BCUT2D eigenvalue weighted by Gasteiger charge is 2.23. The highest BCUT2D eigenvalue weighted by Crippen LogP contribution is 2.32. The third kappa shape index (κ3) is 3.71. The van der Waals surface area contributed by atoms with E-state index in [2.05, 4.69) is 20.9 Å². The third-order valence-electron chi connectivity index (χ3n) is 5.14. The van der Waals surface area contributed by atoms with Crippen LogP contribution in [0.2, 0.25) is 0 Å². The second-order valence-electron chi connectivity index (χ2n) is 7.35. The van der Waals surface area contributed by atoms with Gasteiger partial charge in [0.25, 0.3) is 11.8 Å². The van der Waals surface area contributed by atoms with Gasteiger partial charge in [-0.15, -0.1) is 5.10 Å². The van der Waals surface area contributed by atoms with Gasteiger partial charge < -0.3 is 15.4 Å². The number of hydrogen-bond donors (Lipinski definition) is 2. The standard InChI is InChI=1S/C23H19N5O3/c1-14-22(29)25-19-12-17(10-11-21(19)31-14)24-23(30)16-8-6-15(7-9-16)13-28-20-5-3-2-4-18(20)26-27-28/h2-12,14H,13H2,1H3,(H,24,30)(H,25,29). The van der Waals surface area contributed by atoms with Crippen LogP contribution >= 0.6 is 0 Å². The Bertz CT molecular complexity index is 1300. The van der Waals surface area contributed by atoms with Crippen LogP contribution in [0.4, 0.5) is 11.4 Å². The van der Waals surface area contributed by atoms with Crippen molar-refractivity contribution in [2.75, 3.05) is 10.6 Å². The Morgan fingerprint density at radius 1 is 1.13 bits per heavy atom. The number of carbonyl (C=O) groups is 2. The Morgan fingerprint density at radius 2 is 1.94 bits per heavy atom. The summed E-state index contributed by atoms with van der Waals surface area (Å²) in [5.41, 5.74) is 4.45. The first-order chi connectivity index (χ1) is 15.1. The average Bonchev–Trinajstić information content (AvgIpc) is 3.18. The highest BCUT2D eigenvalue weighted by atomic mass is 16.5. The zero-order valence-corrected chi connectivity index (χ0v) is 16.7. The summed E-state index contributed by atoms with van der Waals surface area (Å²) in [4.78, 5) is 24.4. The van der Waals surface area contributed by atoms with Crippen molar-refractivity contribution in [2.45, 2.75) is 19.6 Å². The van der Waals surface area contributed by atoms with Gasteiger partial charge in [0.05, 0.1) is 17.7 Å². The minimum Gasteiger partial charge on any atom is -0.479 e. The summed E-state index contributed by atoms with van der Waals surface area (Å²) >= 11 is 0. The van der Waals surface area contributed by atoms with Gasteiger partial charge in [0.2, 0.25) is 0 Å². The molecular formula is C23H19N5O3. The van der Waals surface area contributed by atoms with Crippen molar-refractivity contribution in [2.24, 2.45) is 0 Å². The number of benzene rings is 3. The van der Waals surface area contributed by atoms with E-state index in [4.69, 9.17) is 4.74 Å². The maximum Gasteiger partial charge on any atom is 0.265 e. The fraction of sp³-hybridized carbons (Fsp3) is 0.130. The van der Waals surface area contributed by atoms with Gasteiger partial charge in [-0.3, -0.25) is 9.59 Å². The van der Waals surface area contributed by atoms with Crippen molar-refractivity contribution in [1.29, 1.82) is 0 Å². The van der Waals surface area contributed by atoms with Gasteiger partial charge in [0.15, 0.2) is 6.10 Å². The van der Waals surface area contributed by atoms with E-state index in [9.17, 15) is 9.59 Å². The van der Waals surface area contributed by atoms with Crippen LogP contribution in [0.3, 0.4) is 0 Å². The van der Waals surface area contributed by atoms with E-state index in [1.54, 1.807) is 37.3 Å². The van der Waals surface area contributed by atoms with Crippen molar-refractivity contribution >= 4 is 34.2 Å². The van der Waals surface area contributed by atoms with E-state index in [1.807, 2.05) is 41.1 Å². The molecule has 0 saturated heterocycles. The zero-order valence-electron chi connectivity index (χ0n) is 16.7. The van der Waals surface area contributed by atoms with Crippen molar-refractivity contribution in [3.8, 4) is 5.75 Å². The molecule has 3 aromatic carbocycles. The number of amides is 2. The SMILES string of the molecule is CC1Oc2ccc(NC(=O)c3ccc(Cn4nnc5ccccc54)cc3)cc2NC1=O. The quantitative estimate of drug-likeness (QED) is 0.534. The molecule has 4 aromatic rings. The first-order valence-electron chi connectivity index (χ1n) is 9.87. The molecule has 0 radical (unpaired) electrons. The number of ether oxygens (including phenoxy) is 1. The van der Waals surface area contributed by atoms with Crippen molar-refractivity contribution in [3.63, 3.8) is 0 Å². The van der Waals surface area contributed by atoms with Gasteiger partial charge in [-0.2, -0.15) is 0 Å². The summed E-state index contributed by atoms with van der Waals surface area (Å²) in [7, 11) is 0. The predicted octanol–water partition coefficient (Wildman–Crippen LogP) is 3.45. The summed E-state index contributed by atoms with van der Waals surface area (Å²) < 4.78 is 7.36. The van der Waals surface area contributed by atoms with Gasteiger partial charge >= 0.3 is 0 Å². The Morgan fingerprint density at radius 3 is 2.77 bits per heavy atom. The molecule has 154 valence electrons. The largest absolute Gasteiger partial charge is 0.479 e. The molecule has 2 N–H and O–H groups in total. The molecule has 2 amide bonds. The first kappa shape index (κ1) is 18.8. The lowest BCUT2D eigenvalue weighted by molar-refractivity contribution is -0.122. The van der Waals surface area contributed by atoms with E-state index in [-0.39, 0.29) is 11.8 Å². The summed E-state index contributed by atoms with van der Waals surface area (Å²) in [6.45, 7) is 2.24. The molecule has 1 aliphatic heterocycles. The minimum atomic E-state index is -0.540. The number of aromatic nitrogens is 3. The van der Waals surface area contributed by atoms with Crippen LogP contribution in [0, 0.1) is 0 Å². The summed E-state index contributed by atoms with van der Waals surface area (Å²) in [6, 6.07) is 20.3. The zero-order chi connectivity index (χ0) is 21.4. The second-order valence-corrected chi connectivity index (χ2v) is 7.35. The van der Waals surface area contributed by atoms with Crippen LogP contribution in [-0.4, -0.2) is 32.9 Å². The number of para-hydroxylation sites is 1. The molecule has 0 aliphatic carbocycles. The maximum absolute atomic E-state index is 12.6. The summed E-state index contributed by atoms with van der Waals surface area (Å²) in [5.74, 6) is 0.121. The molecule has 1 aromatic heterocycles. The molecule has 31 heavy (non-hydrogen) atoms. The van der Waals surface area contributed by atoms with Crippen LogP contribution in [0.25, 0.3) is 11.0 Å². The Kier molecular flexibility index (Phi) is 4.59. The number of fused-ring (bicyclic) bond motifs is 2. The number of nitrogens with zero attached hydrogens (tertiary/aromatic N) is 3. The summed E-state index contributed by atoms with van der Waals surface area (Å²) in [5, 5.41) is 14.0. The van der Waals surface area contributed by atoms with E-state index < -0.39 is 6.10 Å². The molecule has 0 spiro atoms. The van der Waals surface area contributed by atoms with Crippen LogP contribution < -0.4 is 15.4 Å². The monoisotopic (exact) mass is 413 g/mol. The third-order valence-corrected chi connectivity index (χ3v) is 5.14. The number of rotatable bonds is 4. The fourth-order valence-corrected chi connectivity index (χ4v) is 3.46. The first-order valence-corrected chi connectivity index (χ1v) is 9.87. The summed E-state index contributed by atoms with van der Waals surface area (Å²) in [6.07, 6.45) is -0.540. The predicted molar refractivity (Wildman–Crippen MR) is 116 cm³/mol. The topological polar surface area (TPSA) is 98.1 Å². The van der Waals surface area contributed by atoms with Gasteiger partial charge in [0.1, 0.15) is 11.3 Å². The molecule has 1 unspecified atom stereocenters. The lowest BCUT2D eigenvalue weighted by atomic mass is 10.1. The molecule has 8 nitrogen and oxygen atoms in total. The number of carbonyl (C=O) groups excluding carboxylic acids is 2. The van der Waals surface area contributed by atoms with Gasteiger partial charge in [0, 0.05) is 11.3 Å². The second kappa shape index (κ2) is 7.56. The van der Waals surface area contributed by atoms with Crippen LogP contribution in [-0.2, 0) is 11.3 Å². The molecule has 5 rings (SSSR count). The van der Waals surface area contributed by atoms with Crippen molar-refractivity contribution in [1.82, 2.24) is 15.0 Å². The smallest absolute Gasteiger partial charge is 0.265 e. The molecule has 1 aliphatic rings. The van der Waals surface area contributed by atoms with Gasteiger partial charge in [-0.25, -0.2) is 4.68 Å². The number of anilines is 2. The number of nitrogens with one attached hydrogen (secondary N) is 2. The van der Waals surface area contributed by atoms with Crippen molar-refractivity contribution in [3.05, 3.63) is 77.9 Å². The Balaban J connectivity index is 1.28. The van der Waals surface area contributed by atoms with Crippen LogP contribution in [0.5, 0.6) is 5.75 Å². The molecule has 2 heterocycles. The number of hydrogen-bond acceptors (Lipinski definition) is 5. The van der Waals surface area contributed by atoms with Crippen molar-refractivity contribution < 1.29 is 14.3 Å². The molecular weight excluding hydrogens is 394 g/mol. The molecule has 1 atom stereocenters. The van der Waals surface area contributed by atoms with Gasteiger partial charge in [-0.1, -0.05) is 29.5 Å². The van der Waals surface area contributed by atoms with E-state index in [1.165, 1.54) is 0 Å². The van der Waals surface area contributed by atoms with E-state index in [0.29, 0.717) is 29.2 Å².